The molecule has 1 N–H and O–H groups in total. The molecule has 19 heavy (non-hydrogen) atoms. The first kappa shape index (κ1) is 16.0. The van der Waals surface area contributed by atoms with E-state index in [-0.39, 0.29) is 6.10 Å². The smallest absolute Gasteiger partial charge is 0.120 e. The van der Waals surface area contributed by atoms with Gasteiger partial charge in [-0.25, -0.2) is 0 Å². The molecule has 0 aliphatic carbocycles. The SMILES string of the molecule is CCNC(c1cccc(OC(C)C)c1)C(CC)CC. The number of nitrogens with one attached hydrogen (secondary N) is 1. The van der Waals surface area contributed by atoms with E-state index in [0.717, 1.165) is 12.3 Å². The van der Waals surface area contributed by atoms with Gasteiger partial charge in [0.2, 0.25) is 0 Å². The van der Waals surface area contributed by atoms with Crippen LogP contribution in [0.4, 0.5) is 0 Å². The Morgan fingerprint density at radius 1 is 1.11 bits per heavy atom. The van der Waals surface area contributed by atoms with E-state index in [1.807, 2.05) is 6.07 Å². The average Bonchev–Trinajstić information content (AvgIpc) is 2.38. The zero-order chi connectivity index (χ0) is 14.3. The molecule has 2 nitrogen and oxygen atoms in total. The summed E-state index contributed by atoms with van der Waals surface area (Å²) in [4.78, 5) is 0. The van der Waals surface area contributed by atoms with Crippen molar-refractivity contribution in [1.29, 1.82) is 0 Å². The van der Waals surface area contributed by atoms with E-state index in [9.17, 15) is 0 Å². The lowest BCUT2D eigenvalue weighted by Crippen LogP contribution is -2.27. The van der Waals surface area contributed by atoms with Crippen LogP contribution in [-0.4, -0.2) is 12.6 Å². The largest absolute Gasteiger partial charge is 0.491 e. The van der Waals surface area contributed by atoms with Crippen LogP contribution >= 0.6 is 0 Å². The topological polar surface area (TPSA) is 21.3 Å². The lowest BCUT2D eigenvalue weighted by Gasteiger charge is -2.27. The number of benzene rings is 1. The van der Waals surface area contributed by atoms with Gasteiger partial charge in [0, 0.05) is 6.04 Å². The summed E-state index contributed by atoms with van der Waals surface area (Å²) in [5, 5.41) is 3.63. The van der Waals surface area contributed by atoms with Crippen molar-refractivity contribution in [2.45, 2.75) is 59.6 Å². The Morgan fingerprint density at radius 3 is 2.32 bits per heavy atom. The maximum Gasteiger partial charge on any atom is 0.120 e. The van der Waals surface area contributed by atoms with Gasteiger partial charge in [-0.2, -0.15) is 0 Å². The van der Waals surface area contributed by atoms with Crippen LogP contribution in [0, 0.1) is 5.92 Å². The molecule has 0 bridgehead atoms. The highest BCUT2D eigenvalue weighted by Gasteiger charge is 2.19. The molecule has 0 radical (unpaired) electrons. The van der Waals surface area contributed by atoms with Gasteiger partial charge in [0.25, 0.3) is 0 Å². The average molecular weight is 263 g/mol. The van der Waals surface area contributed by atoms with Crippen LogP contribution in [-0.2, 0) is 0 Å². The van der Waals surface area contributed by atoms with Crippen molar-refractivity contribution in [3.8, 4) is 5.75 Å². The van der Waals surface area contributed by atoms with Crippen LogP contribution in [0.25, 0.3) is 0 Å². The predicted molar refractivity (Wildman–Crippen MR) is 82.7 cm³/mol. The fraction of sp³-hybridized carbons (Fsp3) is 0.647. The first-order valence-corrected chi connectivity index (χ1v) is 7.62. The molecule has 1 aromatic carbocycles. The van der Waals surface area contributed by atoms with Gasteiger partial charge in [-0.1, -0.05) is 45.7 Å². The van der Waals surface area contributed by atoms with Gasteiger partial charge < -0.3 is 10.1 Å². The first-order chi connectivity index (χ1) is 9.12. The molecular formula is C17H29NO. The first-order valence-electron chi connectivity index (χ1n) is 7.62. The summed E-state index contributed by atoms with van der Waals surface area (Å²) in [5.41, 5.74) is 1.34. The lowest BCUT2D eigenvalue weighted by atomic mass is 9.88. The summed E-state index contributed by atoms with van der Waals surface area (Å²) >= 11 is 0. The molecule has 0 aliphatic heterocycles. The van der Waals surface area contributed by atoms with Crippen LogP contribution in [0.15, 0.2) is 24.3 Å². The van der Waals surface area contributed by atoms with Crippen LogP contribution in [0.5, 0.6) is 5.75 Å². The molecule has 1 atom stereocenters. The van der Waals surface area contributed by atoms with Crippen molar-refractivity contribution < 1.29 is 4.74 Å². The normalized spacial score (nSPS) is 13.0. The van der Waals surface area contributed by atoms with Gasteiger partial charge in [0.1, 0.15) is 5.75 Å². The van der Waals surface area contributed by atoms with E-state index < -0.39 is 0 Å². The third-order valence-corrected chi connectivity index (χ3v) is 3.53. The molecule has 1 rings (SSSR count). The Labute approximate surface area is 118 Å². The van der Waals surface area contributed by atoms with Gasteiger partial charge in [-0.05, 0) is 44.0 Å². The second-order valence-electron chi connectivity index (χ2n) is 5.35. The molecule has 0 spiro atoms. The number of rotatable bonds is 8. The van der Waals surface area contributed by atoms with Crippen molar-refractivity contribution >= 4 is 0 Å². The van der Waals surface area contributed by atoms with Crippen LogP contribution in [0.2, 0.25) is 0 Å². The van der Waals surface area contributed by atoms with Crippen molar-refractivity contribution in [3.63, 3.8) is 0 Å². The fourth-order valence-corrected chi connectivity index (χ4v) is 2.59. The lowest BCUT2D eigenvalue weighted by molar-refractivity contribution is 0.241. The molecule has 0 aromatic heterocycles. The summed E-state index contributed by atoms with van der Waals surface area (Å²) in [7, 11) is 0. The zero-order valence-electron chi connectivity index (χ0n) is 13.1. The summed E-state index contributed by atoms with van der Waals surface area (Å²) in [5.74, 6) is 1.65. The molecule has 0 heterocycles. The minimum Gasteiger partial charge on any atom is -0.491 e. The van der Waals surface area contributed by atoms with Gasteiger partial charge in [0.15, 0.2) is 0 Å². The highest BCUT2D eigenvalue weighted by atomic mass is 16.5. The Morgan fingerprint density at radius 2 is 1.79 bits per heavy atom. The van der Waals surface area contributed by atoms with E-state index in [0.29, 0.717) is 12.0 Å². The number of hydrogen-bond acceptors (Lipinski definition) is 2. The van der Waals surface area contributed by atoms with E-state index in [2.05, 4.69) is 58.1 Å². The molecule has 2 heteroatoms. The van der Waals surface area contributed by atoms with Crippen molar-refractivity contribution in [3.05, 3.63) is 29.8 Å². The third kappa shape index (κ3) is 4.87. The summed E-state index contributed by atoms with van der Waals surface area (Å²) < 4.78 is 5.80. The molecule has 0 fully saturated rings. The van der Waals surface area contributed by atoms with Crippen LogP contribution in [0.3, 0.4) is 0 Å². The van der Waals surface area contributed by atoms with Crippen molar-refractivity contribution in [2.24, 2.45) is 5.92 Å². The predicted octanol–water partition coefficient (Wildman–Crippen LogP) is 4.56. The standard InChI is InChI=1S/C17H29NO/c1-6-14(7-2)17(18-8-3)15-10-9-11-16(12-15)19-13(4)5/h9-14,17-18H,6-8H2,1-5H3. The van der Waals surface area contributed by atoms with Gasteiger partial charge in [0.05, 0.1) is 6.10 Å². The molecule has 1 unspecified atom stereocenters. The Kier molecular flexibility index (Phi) is 6.93. The second-order valence-corrected chi connectivity index (χ2v) is 5.35. The summed E-state index contributed by atoms with van der Waals surface area (Å²) in [6.07, 6.45) is 2.62. The van der Waals surface area contributed by atoms with Gasteiger partial charge in [-0.3, -0.25) is 0 Å². The minimum atomic E-state index is 0.223. The number of hydrogen-bond donors (Lipinski definition) is 1. The molecule has 1 aromatic rings. The van der Waals surface area contributed by atoms with E-state index in [1.165, 1.54) is 18.4 Å². The van der Waals surface area contributed by atoms with Gasteiger partial charge in [-0.15, -0.1) is 0 Å². The monoisotopic (exact) mass is 263 g/mol. The second kappa shape index (κ2) is 8.21. The van der Waals surface area contributed by atoms with Crippen LogP contribution in [0.1, 0.15) is 59.1 Å². The molecular weight excluding hydrogens is 234 g/mol. The Bertz CT molecular complexity index is 358. The summed E-state index contributed by atoms with van der Waals surface area (Å²) in [6, 6.07) is 8.96. The molecule has 0 saturated carbocycles. The number of ether oxygens (including phenoxy) is 1. The molecule has 0 amide bonds. The third-order valence-electron chi connectivity index (χ3n) is 3.53. The molecule has 0 saturated heterocycles. The van der Waals surface area contributed by atoms with Gasteiger partial charge >= 0.3 is 0 Å². The van der Waals surface area contributed by atoms with Crippen molar-refractivity contribution in [1.82, 2.24) is 5.32 Å². The Balaban J connectivity index is 2.94. The highest BCUT2D eigenvalue weighted by molar-refractivity contribution is 5.31. The maximum absolute atomic E-state index is 5.80. The van der Waals surface area contributed by atoms with E-state index >= 15 is 0 Å². The van der Waals surface area contributed by atoms with E-state index in [4.69, 9.17) is 4.74 Å². The highest BCUT2D eigenvalue weighted by Crippen LogP contribution is 2.29. The maximum atomic E-state index is 5.80. The fourth-order valence-electron chi connectivity index (χ4n) is 2.59. The van der Waals surface area contributed by atoms with Crippen molar-refractivity contribution in [2.75, 3.05) is 6.54 Å². The Hall–Kier alpha value is -1.02. The quantitative estimate of drug-likeness (QED) is 0.742. The summed E-state index contributed by atoms with van der Waals surface area (Å²) in [6.45, 7) is 11.8. The molecule has 0 aliphatic rings. The minimum absolute atomic E-state index is 0.223. The van der Waals surface area contributed by atoms with E-state index in [1.54, 1.807) is 0 Å². The zero-order valence-corrected chi connectivity index (χ0v) is 13.1. The van der Waals surface area contributed by atoms with Crippen LogP contribution < -0.4 is 10.1 Å². The molecule has 108 valence electrons.